The number of fused-ring (bicyclic) bond motifs is 3. The summed E-state index contributed by atoms with van der Waals surface area (Å²) in [4.78, 5) is 3.44. The van der Waals surface area contributed by atoms with E-state index in [2.05, 4.69) is 29.5 Å². The normalized spacial score (nSPS) is 14.8. The van der Waals surface area contributed by atoms with Gasteiger partial charge in [0.1, 0.15) is 5.75 Å². The Morgan fingerprint density at radius 1 is 1.33 bits per heavy atom. The van der Waals surface area contributed by atoms with E-state index < -0.39 is 0 Å². The highest BCUT2D eigenvalue weighted by molar-refractivity contribution is 5.91. The molecule has 4 heteroatoms. The number of H-pyrrole nitrogens is 1. The Labute approximate surface area is 106 Å². The average Bonchev–Trinajstić information content (AvgIpc) is 2.76. The molecule has 0 bridgehead atoms. The summed E-state index contributed by atoms with van der Waals surface area (Å²) in [6, 6.07) is 6.10. The van der Waals surface area contributed by atoms with Crippen LogP contribution in [0, 0.1) is 0 Å². The molecule has 1 aliphatic carbocycles. The molecule has 0 aliphatic heterocycles. The molecule has 18 heavy (non-hydrogen) atoms. The zero-order chi connectivity index (χ0) is 12.7. The minimum Gasteiger partial charge on any atom is -0.497 e. The number of hydrogen-bond donors (Lipinski definition) is 3. The molecular formula is C14H17N3O. The second-order valence-corrected chi connectivity index (χ2v) is 4.69. The van der Waals surface area contributed by atoms with Crippen molar-refractivity contribution < 1.29 is 4.74 Å². The van der Waals surface area contributed by atoms with Gasteiger partial charge < -0.3 is 15.1 Å². The Balaban J connectivity index is 2.26. The zero-order valence-electron chi connectivity index (χ0n) is 10.6. The number of ether oxygens (including phenoxy) is 1. The van der Waals surface area contributed by atoms with Crippen LogP contribution < -0.4 is 16.0 Å². The van der Waals surface area contributed by atoms with E-state index in [4.69, 9.17) is 10.6 Å². The highest BCUT2D eigenvalue weighted by atomic mass is 16.5. The summed E-state index contributed by atoms with van der Waals surface area (Å²) < 4.78 is 5.29. The zero-order valence-corrected chi connectivity index (χ0v) is 10.6. The molecule has 4 nitrogen and oxygen atoms in total. The van der Waals surface area contributed by atoms with Gasteiger partial charge in [0.25, 0.3) is 0 Å². The van der Waals surface area contributed by atoms with Crippen LogP contribution in [0.4, 0.5) is 0 Å². The summed E-state index contributed by atoms with van der Waals surface area (Å²) in [7, 11) is 1.69. The Morgan fingerprint density at radius 3 is 2.89 bits per heavy atom. The number of rotatable bonds is 2. The quantitative estimate of drug-likeness (QED) is 0.560. The molecule has 0 unspecified atom stereocenters. The second kappa shape index (κ2) is 4.07. The van der Waals surface area contributed by atoms with E-state index in [0.717, 1.165) is 35.5 Å². The molecule has 1 heterocycles. The van der Waals surface area contributed by atoms with Gasteiger partial charge in [-0.1, -0.05) is 0 Å². The average molecular weight is 243 g/mol. The van der Waals surface area contributed by atoms with Crippen LogP contribution >= 0.6 is 0 Å². The minimum absolute atomic E-state index is 0.887. The largest absolute Gasteiger partial charge is 0.497 e. The third-order valence-corrected chi connectivity index (χ3v) is 3.68. The molecule has 0 radical (unpaired) electrons. The van der Waals surface area contributed by atoms with Crippen molar-refractivity contribution in [2.45, 2.75) is 19.8 Å². The van der Waals surface area contributed by atoms with Crippen LogP contribution in [0.25, 0.3) is 16.6 Å². The highest BCUT2D eigenvalue weighted by Gasteiger charge is 2.20. The number of benzene rings is 1. The molecule has 1 aliphatic rings. The van der Waals surface area contributed by atoms with Crippen molar-refractivity contribution in [2.75, 3.05) is 7.11 Å². The van der Waals surface area contributed by atoms with Crippen molar-refractivity contribution in [3.63, 3.8) is 0 Å². The van der Waals surface area contributed by atoms with Crippen molar-refractivity contribution in [1.29, 1.82) is 0 Å². The molecule has 0 saturated carbocycles. The molecule has 4 N–H and O–H groups in total. The Morgan fingerprint density at radius 2 is 2.17 bits per heavy atom. The van der Waals surface area contributed by atoms with Crippen molar-refractivity contribution in [1.82, 2.24) is 10.4 Å². The standard InChI is InChI=1S/C14H17N3O/c1-8-3-5-10-11-7-9(18-2)4-6-12(11)16-14(10)13(8)17-15/h4,6-7,16-17H,3,5,15H2,1-2H3. The van der Waals surface area contributed by atoms with Crippen LogP contribution in [-0.2, 0) is 6.42 Å². The van der Waals surface area contributed by atoms with E-state index in [1.165, 1.54) is 16.5 Å². The summed E-state index contributed by atoms with van der Waals surface area (Å²) in [5.74, 6) is 6.52. The molecule has 0 saturated heterocycles. The summed E-state index contributed by atoms with van der Waals surface area (Å²) in [6.07, 6.45) is 2.08. The van der Waals surface area contributed by atoms with E-state index in [-0.39, 0.29) is 0 Å². The van der Waals surface area contributed by atoms with Crippen LogP contribution in [0.3, 0.4) is 0 Å². The lowest BCUT2D eigenvalue weighted by Gasteiger charge is -2.17. The minimum atomic E-state index is 0.887. The summed E-state index contributed by atoms with van der Waals surface area (Å²) in [6.45, 7) is 2.12. The maximum atomic E-state index is 5.63. The Bertz CT molecular complexity index is 640. The fraction of sp³-hybridized carbons (Fsp3) is 0.286. The van der Waals surface area contributed by atoms with Gasteiger partial charge in [-0.05, 0) is 49.1 Å². The van der Waals surface area contributed by atoms with Gasteiger partial charge >= 0.3 is 0 Å². The number of hydrogen-bond acceptors (Lipinski definition) is 3. The van der Waals surface area contributed by atoms with Gasteiger partial charge in [0.15, 0.2) is 0 Å². The van der Waals surface area contributed by atoms with Crippen molar-refractivity contribution >= 4 is 16.6 Å². The van der Waals surface area contributed by atoms with Gasteiger partial charge in [-0.2, -0.15) is 0 Å². The van der Waals surface area contributed by atoms with Gasteiger partial charge in [-0.3, -0.25) is 5.84 Å². The van der Waals surface area contributed by atoms with E-state index in [1.807, 2.05) is 6.07 Å². The first-order chi connectivity index (χ1) is 8.74. The number of allylic oxidation sites excluding steroid dienone is 1. The van der Waals surface area contributed by atoms with E-state index in [1.54, 1.807) is 7.11 Å². The van der Waals surface area contributed by atoms with Crippen molar-refractivity contribution in [2.24, 2.45) is 5.84 Å². The predicted octanol–water partition coefficient (Wildman–Crippen LogP) is 2.32. The summed E-state index contributed by atoms with van der Waals surface area (Å²) in [5, 5.41) is 1.23. The molecule has 1 aromatic heterocycles. The monoisotopic (exact) mass is 243 g/mol. The fourth-order valence-electron chi connectivity index (χ4n) is 2.67. The predicted molar refractivity (Wildman–Crippen MR) is 73.1 cm³/mol. The first kappa shape index (κ1) is 11.2. The van der Waals surface area contributed by atoms with Crippen LogP contribution in [0.5, 0.6) is 5.75 Å². The number of aromatic nitrogens is 1. The maximum Gasteiger partial charge on any atom is 0.119 e. The SMILES string of the molecule is COc1ccc2[nH]c3c(c2c1)CCC(C)=C3NN. The fourth-order valence-corrected chi connectivity index (χ4v) is 2.67. The molecule has 0 fully saturated rings. The first-order valence-corrected chi connectivity index (χ1v) is 6.10. The third kappa shape index (κ3) is 1.49. The van der Waals surface area contributed by atoms with Gasteiger partial charge in [0.05, 0.1) is 18.5 Å². The second-order valence-electron chi connectivity index (χ2n) is 4.69. The maximum absolute atomic E-state index is 5.63. The van der Waals surface area contributed by atoms with Gasteiger partial charge in [0.2, 0.25) is 0 Å². The number of aromatic amines is 1. The number of hydrazine groups is 1. The van der Waals surface area contributed by atoms with Gasteiger partial charge in [-0.25, -0.2) is 0 Å². The molecule has 1 aromatic carbocycles. The summed E-state index contributed by atoms with van der Waals surface area (Å²) in [5.41, 5.74) is 8.70. The Hall–Kier alpha value is -1.94. The van der Waals surface area contributed by atoms with Crippen molar-refractivity contribution in [3.05, 3.63) is 35.0 Å². The van der Waals surface area contributed by atoms with Crippen LogP contribution in [-0.4, -0.2) is 12.1 Å². The number of aryl methyl sites for hydroxylation is 1. The lowest BCUT2D eigenvalue weighted by molar-refractivity contribution is 0.415. The van der Waals surface area contributed by atoms with E-state index in [9.17, 15) is 0 Å². The third-order valence-electron chi connectivity index (χ3n) is 3.68. The molecule has 3 rings (SSSR count). The summed E-state index contributed by atoms with van der Waals surface area (Å²) >= 11 is 0. The van der Waals surface area contributed by atoms with E-state index in [0.29, 0.717) is 0 Å². The molecule has 2 aromatic rings. The molecule has 0 amide bonds. The topological polar surface area (TPSA) is 63.1 Å². The van der Waals surface area contributed by atoms with Crippen LogP contribution in [0.1, 0.15) is 24.6 Å². The smallest absolute Gasteiger partial charge is 0.119 e. The van der Waals surface area contributed by atoms with Crippen LogP contribution in [0.2, 0.25) is 0 Å². The molecule has 0 atom stereocenters. The Kier molecular flexibility index (Phi) is 2.52. The first-order valence-electron chi connectivity index (χ1n) is 6.10. The molecular weight excluding hydrogens is 226 g/mol. The molecule has 94 valence electrons. The van der Waals surface area contributed by atoms with Gasteiger partial charge in [0, 0.05) is 10.9 Å². The van der Waals surface area contributed by atoms with Gasteiger partial charge in [-0.15, -0.1) is 0 Å². The molecule has 0 spiro atoms. The number of methoxy groups -OCH3 is 1. The lowest BCUT2D eigenvalue weighted by Crippen LogP contribution is -2.24. The number of nitrogens with two attached hydrogens (primary N) is 1. The lowest BCUT2D eigenvalue weighted by atomic mass is 9.93. The number of nitrogens with one attached hydrogen (secondary N) is 2. The van der Waals surface area contributed by atoms with Crippen LogP contribution in [0.15, 0.2) is 23.8 Å². The van der Waals surface area contributed by atoms with Crippen molar-refractivity contribution in [3.8, 4) is 5.75 Å². The highest BCUT2D eigenvalue weighted by Crippen LogP contribution is 2.35. The van der Waals surface area contributed by atoms with E-state index >= 15 is 0 Å².